The van der Waals surface area contributed by atoms with Crippen LogP contribution < -0.4 is 0 Å². The van der Waals surface area contributed by atoms with E-state index in [1.54, 1.807) is 12.1 Å². The maximum Gasteiger partial charge on any atom is 0.306 e. The number of ether oxygens (including phenoxy) is 2. The van der Waals surface area contributed by atoms with Crippen molar-refractivity contribution in [2.75, 3.05) is 32.8 Å². The zero-order valence-corrected chi connectivity index (χ0v) is 34.2. The fraction of sp³-hybridized carbons (Fsp3) is 0.778. The monoisotopic (exact) mass is 741 g/mol. The first kappa shape index (κ1) is 46.4. The summed E-state index contributed by atoms with van der Waals surface area (Å²) in [5.74, 6) is -0.489. The molecule has 1 aromatic rings. The van der Waals surface area contributed by atoms with Crippen molar-refractivity contribution >= 4 is 23.8 Å². The van der Waals surface area contributed by atoms with Crippen LogP contribution in [0.3, 0.4) is 0 Å². The molecule has 8 heteroatoms. The van der Waals surface area contributed by atoms with Crippen molar-refractivity contribution in [3.8, 4) is 0 Å². The molecule has 2 rings (SSSR count). The van der Waals surface area contributed by atoms with Gasteiger partial charge in [0, 0.05) is 25.9 Å². The Morgan fingerprint density at radius 3 is 1.58 bits per heavy atom. The average molecular weight is 741 g/mol. The van der Waals surface area contributed by atoms with E-state index >= 15 is 0 Å². The fourth-order valence-electron chi connectivity index (χ4n) is 7.18. The number of carbonyl (C=O) groups is 4. The third-order valence-corrected chi connectivity index (χ3v) is 10.5. The predicted octanol–water partition coefficient (Wildman–Crippen LogP) is 11.2. The lowest BCUT2D eigenvalue weighted by molar-refractivity contribution is -0.150. The molecule has 1 heterocycles. The zero-order chi connectivity index (χ0) is 38.4. The SMILES string of the molecule is CCCCCCCC(CCCCCC)OC(=O)CCCCCCCN(CCCCCCCC(=O)OCCCCC)CCN1C(=O)c2ccccc2C1=O. The summed E-state index contributed by atoms with van der Waals surface area (Å²) in [6, 6.07) is 7.09. The largest absolute Gasteiger partial charge is 0.466 e. The number of rotatable bonds is 35. The topological polar surface area (TPSA) is 93.2 Å². The van der Waals surface area contributed by atoms with Crippen LogP contribution in [0.4, 0.5) is 0 Å². The van der Waals surface area contributed by atoms with Crippen LogP contribution in [0.5, 0.6) is 0 Å². The summed E-state index contributed by atoms with van der Waals surface area (Å²) in [5, 5.41) is 0. The summed E-state index contributed by atoms with van der Waals surface area (Å²) in [6.45, 7) is 10.1. The standard InChI is InChI=1S/C45H76N2O6/c1-4-7-10-14-20-29-39(28-19-11-8-5-2)53-43(49)33-22-16-13-18-26-35-46(34-25-17-12-15-21-32-42(48)52-38-27-9-6-3)36-37-47-44(50)40-30-23-24-31-41(40)45(47)51/h23-24,30-31,39H,4-22,25-29,32-38H2,1-3H3. The van der Waals surface area contributed by atoms with Gasteiger partial charge >= 0.3 is 11.9 Å². The molecule has 1 aromatic carbocycles. The minimum Gasteiger partial charge on any atom is -0.466 e. The maximum absolute atomic E-state index is 13.0. The molecule has 0 spiro atoms. The second-order valence-electron chi connectivity index (χ2n) is 15.3. The summed E-state index contributed by atoms with van der Waals surface area (Å²) in [5.41, 5.74) is 1.00. The van der Waals surface area contributed by atoms with E-state index < -0.39 is 0 Å². The van der Waals surface area contributed by atoms with Gasteiger partial charge in [0.2, 0.25) is 0 Å². The fourth-order valence-corrected chi connectivity index (χ4v) is 7.18. The van der Waals surface area contributed by atoms with E-state index in [0.717, 1.165) is 122 Å². The molecule has 1 aliphatic heterocycles. The number of hydrogen-bond acceptors (Lipinski definition) is 7. The highest BCUT2D eigenvalue weighted by Crippen LogP contribution is 2.23. The molecular weight excluding hydrogens is 665 g/mol. The Labute approximate surface area is 323 Å². The third-order valence-electron chi connectivity index (χ3n) is 10.5. The van der Waals surface area contributed by atoms with Crippen LogP contribution >= 0.6 is 0 Å². The summed E-state index contributed by atoms with van der Waals surface area (Å²) >= 11 is 0. The Hall–Kier alpha value is -2.74. The lowest BCUT2D eigenvalue weighted by Crippen LogP contribution is -2.39. The normalized spacial score (nSPS) is 13.2. The number of imide groups is 1. The first-order valence-electron chi connectivity index (χ1n) is 21.9. The van der Waals surface area contributed by atoms with Gasteiger partial charge in [-0.15, -0.1) is 0 Å². The molecule has 0 aliphatic carbocycles. The number of unbranched alkanes of at least 4 members (excludes halogenated alkanes) is 17. The van der Waals surface area contributed by atoms with Crippen LogP contribution in [0.2, 0.25) is 0 Å². The van der Waals surface area contributed by atoms with Crippen LogP contribution in [0, 0.1) is 0 Å². The maximum atomic E-state index is 13.0. The van der Waals surface area contributed by atoms with Gasteiger partial charge in [-0.25, -0.2) is 0 Å². The van der Waals surface area contributed by atoms with E-state index in [1.165, 1.54) is 49.8 Å². The van der Waals surface area contributed by atoms with Crippen LogP contribution in [0.15, 0.2) is 24.3 Å². The van der Waals surface area contributed by atoms with Crippen LogP contribution in [-0.2, 0) is 19.1 Å². The molecule has 0 aromatic heterocycles. The second kappa shape index (κ2) is 30.6. The molecule has 1 atom stereocenters. The molecule has 0 saturated heterocycles. The smallest absolute Gasteiger partial charge is 0.306 e. The highest BCUT2D eigenvalue weighted by Gasteiger charge is 2.34. The summed E-state index contributed by atoms with van der Waals surface area (Å²) in [6.07, 6.45) is 27.5. The Morgan fingerprint density at radius 1 is 0.566 bits per heavy atom. The van der Waals surface area contributed by atoms with Crippen molar-refractivity contribution in [1.82, 2.24) is 9.80 Å². The van der Waals surface area contributed by atoms with E-state index in [-0.39, 0.29) is 29.9 Å². The average Bonchev–Trinajstić information content (AvgIpc) is 3.40. The molecule has 0 saturated carbocycles. The van der Waals surface area contributed by atoms with E-state index in [2.05, 4.69) is 25.7 Å². The molecular formula is C45H76N2O6. The van der Waals surface area contributed by atoms with Crippen molar-refractivity contribution in [3.05, 3.63) is 35.4 Å². The van der Waals surface area contributed by atoms with Gasteiger partial charge in [0.05, 0.1) is 17.7 Å². The predicted molar refractivity (Wildman–Crippen MR) is 216 cm³/mol. The van der Waals surface area contributed by atoms with Crippen molar-refractivity contribution in [1.29, 1.82) is 0 Å². The molecule has 1 aliphatic rings. The van der Waals surface area contributed by atoms with Gasteiger partial charge in [0.1, 0.15) is 6.10 Å². The van der Waals surface area contributed by atoms with Crippen LogP contribution in [-0.4, -0.2) is 72.4 Å². The molecule has 8 nitrogen and oxygen atoms in total. The quantitative estimate of drug-likeness (QED) is 0.0388. The molecule has 302 valence electrons. The van der Waals surface area contributed by atoms with Crippen molar-refractivity contribution < 1.29 is 28.7 Å². The minimum atomic E-state index is -0.192. The second-order valence-corrected chi connectivity index (χ2v) is 15.3. The Balaban J connectivity index is 1.71. The van der Waals surface area contributed by atoms with Crippen molar-refractivity contribution in [2.45, 2.75) is 194 Å². The van der Waals surface area contributed by atoms with E-state index in [1.807, 2.05) is 12.1 Å². The Morgan fingerprint density at radius 2 is 1.02 bits per heavy atom. The van der Waals surface area contributed by atoms with Crippen molar-refractivity contribution in [2.24, 2.45) is 0 Å². The highest BCUT2D eigenvalue weighted by atomic mass is 16.5. The van der Waals surface area contributed by atoms with E-state index in [0.29, 0.717) is 43.7 Å². The van der Waals surface area contributed by atoms with Crippen LogP contribution in [0.1, 0.15) is 208 Å². The minimum absolute atomic E-state index is 0.0271. The Bertz CT molecular complexity index is 1100. The van der Waals surface area contributed by atoms with Gasteiger partial charge in [0.15, 0.2) is 0 Å². The lowest BCUT2D eigenvalue weighted by Gasteiger charge is -2.25. The van der Waals surface area contributed by atoms with Crippen LogP contribution in [0.25, 0.3) is 0 Å². The van der Waals surface area contributed by atoms with E-state index in [9.17, 15) is 19.2 Å². The van der Waals surface area contributed by atoms with Gasteiger partial charge in [0.25, 0.3) is 11.8 Å². The van der Waals surface area contributed by atoms with Gasteiger partial charge in [-0.2, -0.15) is 0 Å². The first-order chi connectivity index (χ1) is 25.9. The number of carbonyl (C=O) groups excluding carboxylic acids is 4. The molecule has 0 N–H and O–H groups in total. The highest BCUT2D eigenvalue weighted by molar-refractivity contribution is 6.21. The first-order valence-corrected chi connectivity index (χ1v) is 21.9. The summed E-state index contributed by atoms with van der Waals surface area (Å²) in [4.78, 5) is 54.4. The van der Waals surface area contributed by atoms with Gasteiger partial charge < -0.3 is 14.4 Å². The Kier molecular flexibility index (Phi) is 26.8. The van der Waals surface area contributed by atoms with E-state index in [4.69, 9.17) is 9.47 Å². The number of fused-ring (bicyclic) bond motifs is 1. The van der Waals surface area contributed by atoms with Crippen molar-refractivity contribution in [3.63, 3.8) is 0 Å². The number of amides is 2. The number of benzene rings is 1. The lowest BCUT2D eigenvalue weighted by atomic mass is 10.0. The van der Waals surface area contributed by atoms with Gasteiger partial charge in [-0.3, -0.25) is 24.1 Å². The molecule has 53 heavy (non-hydrogen) atoms. The summed E-state index contributed by atoms with van der Waals surface area (Å²) < 4.78 is 11.3. The molecule has 0 bridgehead atoms. The number of esters is 2. The molecule has 1 unspecified atom stereocenters. The molecule has 0 fully saturated rings. The number of hydrogen-bond donors (Lipinski definition) is 0. The van der Waals surface area contributed by atoms with Gasteiger partial charge in [-0.05, 0) is 83.0 Å². The summed E-state index contributed by atoms with van der Waals surface area (Å²) in [7, 11) is 0. The zero-order valence-electron chi connectivity index (χ0n) is 34.2. The molecule has 0 radical (unpaired) electrons. The number of nitrogens with zero attached hydrogens (tertiary/aromatic N) is 2. The molecule has 2 amide bonds. The van der Waals surface area contributed by atoms with Gasteiger partial charge in [-0.1, -0.05) is 129 Å². The third kappa shape index (κ3) is 21.1.